The topological polar surface area (TPSA) is 96.0 Å². The molecule has 118 valence electrons. The SMILES string of the molecule is O=C(OC(CN1CCOCC1)CS(=O)(=O)[O-])c1ccsc1. The van der Waals surface area contributed by atoms with Crippen LogP contribution in [0.1, 0.15) is 10.4 Å². The van der Waals surface area contributed by atoms with Gasteiger partial charge in [-0.2, -0.15) is 11.3 Å². The van der Waals surface area contributed by atoms with Gasteiger partial charge < -0.3 is 14.0 Å². The van der Waals surface area contributed by atoms with E-state index in [9.17, 15) is 17.8 Å². The van der Waals surface area contributed by atoms with Crippen molar-refractivity contribution in [3.8, 4) is 0 Å². The number of hydrogen-bond donors (Lipinski definition) is 0. The first-order chi connectivity index (χ1) is 9.94. The summed E-state index contributed by atoms with van der Waals surface area (Å²) in [5.41, 5.74) is 0.357. The molecule has 1 unspecified atom stereocenters. The summed E-state index contributed by atoms with van der Waals surface area (Å²) < 4.78 is 43.3. The van der Waals surface area contributed by atoms with E-state index in [1.54, 1.807) is 16.8 Å². The van der Waals surface area contributed by atoms with Crippen molar-refractivity contribution in [2.45, 2.75) is 6.10 Å². The van der Waals surface area contributed by atoms with E-state index >= 15 is 0 Å². The Hall–Kier alpha value is -1.00. The van der Waals surface area contributed by atoms with Gasteiger partial charge in [0.1, 0.15) is 6.10 Å². The van der Waals surface area contributed by atoms with Crippen molar-refractivity contribution in [3.05, 3.63) is 22.4 Å². The Morgan fingerprint density at radius 1 is 1.48 bits per heavy atom. The van der Waals surface area contributed by atoms with E-state index in [0.717, 1.165) is 0 Å². The van der Waals surface area contributed by atoms with Gasteiger partial charge >= 0.3 is 5.97 Å². The molecule has 9 heteroatoms. The van der Waals surface area contributed by atoms with Crippen molar-refractivity contribution in [3.63, 3.8) is 0 Å². The summed E-state index contributed by atoms with van der Waals surface area (Å²) in [7, 11) is -4.47. The van der Waals surface area contributed by atoms with Gasteiger partial charge in [-0.05, 0) is 11.4 Å². The Morgan fingerprint density at radius 3 is 2.76 bits per heavy atom. The molecule has 1 aliphatic rings. The predicted molar refractivity (Wildman–Crippen MR) is 75.3 cm³/mol. The Kier molecular flexibility index (Phi) is 5.71. The first kappa shape index (κ1) is 16.4. The van der Waals surface area contributed by atoms with Crippen LogP contribution in [0, 0.1) is 0 Å². The number of hydrogen-bond acceptors (Lipinski definition) is 8. The summed E-state index contributed by atoms with van der Waals surface area (Å²) in [6.45, 7) is 2.52. The molecule has 1 saturated heterocycles. The Bertz CT molecular complexity index is 550. The van der Waals surface area contributed by atoms with Crippen molar-refractivity contribution in [1.29, 1.82) is 0 Å². The minimum absolute atomic E-state index is 0.209. The highest BCUT2D eigenvalue weighted by Crippen LogP contribution is 2.11. The maximum atomic E-state index is 11.9. The van der Waals surface area contributed by atoms with Crippen molar-refractivity contribution in [2.24, 2.45) is 0 Å². The second-order valence-corrected chi connectivity index (χ2v) is 6.91. The van der Waals surface area contributed by atoms with E-state index in [2.05, 4.69) is 0 Å². The number of morpholine rings is 1. The molecule has 0 aromatic carbocycles. The van der Waals surface area contributed by atoms with Crippen molar-refractivity contribution in [1.82, 2.24) is 4.90 Å². The van der Waals surface area contributed by atoms with E-state index in [1.165, 1.54) is 11.3 Å². The smallest absolute Gasteiger partial charge is 0.339 e. The molecular formula is C12H16NO6S2-. The molecule has 2 heterocycles. The maximum Gasteiger partial charge on any atom is 0.339 e. The summed E-state index contributed by atoms with van der Waals surface area (Å²) in [4.78, 5) is 13.8. The van der Waals surface area contributed by atoms with Gasteiger partial charge in [0.25, 0.3) is 0 Å². The third kappa shape index (κ3) is 5.71. The molecule has 2 rings (SSSR count). The number of thiophene rings is 1. The van der Waals surface area contributed by atoms with Gasteiger partial charge in [-0.1, -0.05) is 0 Å². The van der Waals surface area contributed by atoms with Crippen LogP contribution < -0.4 is 0 Å². The molecule has 0 bridgehead atoms. The molecule has 0 N–H and O–H groups in total. The largest absolute Gasteiger partial charge is 0.748 e. The number of rotatable bonds is 6. The number of ether oxygens (including phenoxy) is 2. The molecule has 1 fully saturated rings. The van der Waals surface area contributed by atoms with Gasteiger partial charge in [0, 0.05) is 25.0 Å². The quantitative estimate of drug-likeness (QED) is 0.540. The van der Waals surface area contributed by atoms with Crippen LogP contribution in [0.15, 0.2) is 16.8 Å². The van der Waals surface area contributed by atoms with E-state index < -0.39 is 27.9 Å². The van der Waals surface area contributed by atoms with Crippen LogP contribution in [-0.2, 0) is 19.6 Å². The van der Waals surface area contributed by atoms with Crippen LogP contribution in [0.5, 0.6) is 0 Å². The molecular weight excluding hydrogens is 318 g/mol. The highest BCUT2D eigenvalue weighted by molar-refractivity contribution is 7.85. The molecule has 0 radical (unpaired) electrons. The first-order valence-corrected chi connectivity index (χ1v) is 8.93. The lowest BCUT2D eigenvalue weighted by Gasteiger charge is -2.30. The third-order valence-electron chi connectivity index (χ3n) is 2.99. The van der Waals surface area contributed by atoms with E-state index in [1.807, 2.05) is 4.90 Å². The second-order valence-electron chi connectivity index (χ2n) is 4.68. The lowest BCUT2D eigenvalue weighted by Crippen LogP contribution is -2.44. The standard InChI is InChI=1S/C12H17NO6S2/c14-12(10-1-6-20-8-10)19-11(9-21(15,16)17)7-13-2-4-18-5-3-13/h1,6,8,11H,2-5,7,9H2,(H,15,16,17)/p-1. The van der Waals surface area contributed by atoms with Gasteiger partial charge in [-0.3, -0.25) is 4.90 Å². The number of esters is 1. The molecule has 1 aliphatic heterocycles. The van der Waals surface area contributed by atoms with E-state index in [4.69, 9.17) is 9.47 Å². The first-order valence-electron chi connectivity index (χ1n) is 6.41. The van der Waals surface area contributed by atoms with Gasteiger partial charge in [-0.25, -0.2) is 13.2 Å². The minimum atomic E-state index is -4.47. The second kappa shape index (κ2) is 7.32. The zero-order chi connectivity index (χ0) is 15.3. The zero-order valence-corrected chi connectivity index (χ0v) is 12.9. The average molecular weight is 334 g/mol. The third-order valence-corrected chi connectivity index (χ3v) is 4.45. The average Bonchev–Trinajstić information content (AvgIpc) is 2.91. The van der Waals surface area contributed by atoms with Crippen LogP contribution in [-0.4, -0.2) is 68.5 Å². The molecule has 1 aromatic heterocycles. The fourth-order valence-corrected chi connectivity index (χ4v) is 3.28. The van der Waals surface area contributed by atoms with Crippen LogP contribution in [0.25, 0.3) is 0 Å². The number of carbonyl (C=O) groups is 1. The highest BCUT2D eigenvalue weighted by Gasteiger charge is 2.23. The minimum Gasteiger partial charge on any atom is -0.748 e. The van der Waals surface area contributed by atoms with Crippen LogP contribution in [0.4, 0.5) is 0 Å². The maximum absolute atomic E-state index is 11.9. The molecule has 21 heavy (non-hydrogen) atoms. The molecule has 0 saturated carbocycles. The Balaban J connectivity index is 1.99. The van der Waals surface area contributed by atoms with Gasteiger partial charge in [-0.15, -0.1) is 0 Å². The highest BCUT2D eigenvalue weighted by atomic mass is 32.2. The van der Waals surface area contributed by atoms with Crippen molar-refractivity contribution in [2.75, 3.05) is 38.6 Å². The molecule has 1 aromatic rings. The molecule has 0 spiro atoms. The normalized spacial score (nSPS) is 18.3. The van der Waals surface area contributed by atoms with Crippen LogP contribution in [0.3, 0.4) is 0 Å². The summed E-state index contributed by atoms with van der Waals surface area (Å²) in [5, 5.41) is 3.33. The molecule has 0 amide bonds. The van der Waals surface area contributed by atoms with Gasteiger partial charge in [0.15, 0.2) is 0 Å². The van der Waals surface area contributed by atoms with Gasteiger partial charge in [0.2, 0.25) is 0 Å². The van der Waals surface area contributed by atoms with E-state index in [-0.39, 0.29) is 6.54 Å². The summed E-state index contributed by atoms with van der Waals surface area (Å²) in [5.74, 6) is -1.33. The summed E-state index contributed by atoms with van der Waals surface area (Å²) in [6, 6.07) is 1.59. The lowest BCUT2D eigenvalue weighted by molar-refractivity contribution is 0.000961. The van der Waals surface area contributed by atoms with Crippen molar-refractivity contribution >= 4 is 27.4 Å². The van der Waals surface area contributed by atoms with Crippen LogP contribution in [0.2, 0.25) is 0 Å². The van der Waals surface area contributed by atoms with E-state index in [0.29, 0.717) is 31.9 Å². The van der Waals surface area contributed by atoms with Gasteiger partial charge in [0.05, 0.1) is 34.6 Å². The molecule has 1 atom stereocenters. The van der Waals surface area contributed by atoms with Crippen molar-refractivity contribution < 1.29 is 27.2 Å². The molecule has 7 nitrogen and oxygen atoms in total. The Morgan fingerprint density at radius 2 is 2.19 bits per heavy atom. The van der Waals surface area contributed by atoms with Crippen LogP contribution >= 0.6 is 11.3 Å². The fourth-order valence-electron chi connectivity index (χ4n) is 2.02. The Labute approximate surface area is 127 Å². The zero-order valence-electron chi connectivity index (χ0n) is 11.3. The fraction of sp³-hybridized carbons (Fsp3) is 0.583. The summed E-state index contributed by atoms with van der Waals surface area (Å²) in [6.07, 6.45) is -0.974. The lowest BCUT2D eigenvalue weighted by atomic mass is 10.3. The monoisotopic (exact) mass is 334 g/mol. The summed E-state index contributed by atoms with van der Waals surface area (Å²) >= 11 is 1.34. The molecule has 0 aliphatic carbocycles. The number of nitrogens with zero attached hydrogens (tertiary/aromatic N) is 1. The number of carbonyl (C=O) groups excluding carboxylic acids is 1. The predicted octanol–water partition coefficient (Wildman–Crippen LogP) is 0.151.